The minimum absolute atomic E-state index is 0.132. The van der Waals surface area contributed by atoms with Crippen LogP contribution in [0.5, 0.6) is 0 Å². The number of fused-ring (bicyclic) bond motifs is 1. The van der Waals surface area contributed by atoms with Gasteiger partial charge < -0.3 is 10.2 Å². The second kappa shape index (κ2) is 8.15. The molecule has 0 spiro atoms. The van der Waals surface area contributed by atoms with Gasteiger partial charge in [0, 0.05) is 55.0 Å². The number of carbonyl (C=O) groups excluding carboxylic acids is 1. The first kappa shape index (κ1) is 18.1. The molecule has 7 heteroatoms. The van der Waals surface area contributed by atoms with Crippen LogP contribution in [0.4, 0.5) is 0 Å². The Bertz CT molecular complexity index is 750. The van der Waals surface area contributed by atoms with Crippen molar-refractivity contribution in [2.45, 2.75) is 45.3 Å². The number of carbonyl (C=O) groups is 1. The normalized spacial score (nSPS) is 20.2. The summed E-state index contributed by atoms with van der Waals surface area (Å²) in [6.45, 7) is 5.53. The number of hydrogen-bond donors (Lipinski definition) is 1. The molecule has 1 saturated heterocycles. The van der Waals surface area contributed by atoms with Gasteiger partial charge in [0.2, 0.25) is 0 Å². The van der Waals surface area contributed by atoms with Crippen LogP contribution in [0, 0.1) is 0 Å². The number of rotatable bonds is 5. The minimum atomic E-state index is 0.132. The SMILES string of the molecule is CCn1nc(C(=O)N2CCSCC2)c2c1CC[C@H](NCc1ccsc1)C2. The molecule has 0 unspecified atom stereocenters. The lowest BCUT2D eigenvalue weighted by Crippen LogP contribution is -2.39. The lowest BCUT2D eigenvalue weighted by molar-refractivity contribution is 0.0764. The zero-order chi connectivity index (χ0) is 17.9. The molecule has 1 aliphatic carbocycles. The van der Waals surface area contributed by atoms with Crippen LogP contribution in [0.25, 0.3) is 0 Å². The monoisotopic (exact) mass is 390 g/mol. The second-order valence-electron chi connectivity index (χ2n) is 6.95. The van der Waals surface area contributed by atoms with Gasteiger partial charge in [-0.2, -0.15) is 28.2 Å². The number of hydrogen-bond acceptors (Lipinski definition) is 5. The molecule has 0 bridgehead atoms. The fraction of sp³-hybridized carbons (Fsp3) is 0.579. The zero-order valence-electron chi connectivity index (χ0n) is 15.2. The van der Waals surface area contributed by atoms with Gasteiger partial charge in [-0.3, -0.25) is 9.48 Å². The summed E-state index contributed by atoms with van der Waals surface area (Å²) in [5, 5.41) is 12.7. The van der Waals surface area contributed by atoms with Gasteiger partial charge in [-0.1, -0.05) is 0 Å². The van der Waals surface area contributed by atoms with E-state index in [-0.39, 0.29) is 5.91 Å². The highest BCUT2D eigenvalue weighted by molar-refractivity contribution is 7.99. The van der Waals surface area contributed by atoms with Crippen molar-refractivity contribution in [2.75, 3.05) is 24.6 Å². The van der Waals surface area contributed by atoms with Crippen molar-refractivity contribution in [1.29, 1.82) is 0 Å². The first-order valence-electron chi connectivity index (χ1n) is 9.46. The van der Waals surface area contributed by atoms with Crippen LogP contribution in [0.2, 0.25) is 0 Å². The van der Waals surface area contributed by atoms with Gasteiger partial charge in [-0.05, 0) is 48.6 Å². The van der Waals surface area contributed by atoms with Gasteiger partial charge >= 0.3 is 0 Å². The maximum absolute atomic E-state index is 13.1. The molecule has 0 aromatic carbocycles. The van der Waals surface area contributed by atoms with Crippen LogP contribution in [-0.4, -0.2) is 51.2 Å². The van der Waals surface area contributed by atoms with Crippen LogP contribution in [0.15, 0.2) is 16.8 Å². The molecule has 26 heavy (non-hydrogen) atoms. The van der Waals surface area contributed by atoms with Gasteiger partial charge in [0.05, 0.1) is 0 Å². The summed E-state index contributed by atoms with van der Waals surface area (Å²) in [5.74, 6) is 2.20. The van der Waals surface area contributed by atoms with E-state index < -0.39 is 0 Å². The molecule has 1 amide bonds. The van der Waals surface area contributed by atoms with Crippen LogP contribution in [-0.2, 0) is 25.9 Å². The second-order valence-corrected chi connectivity index (χ2v) is 8.95. The van der Waals surface area contributed by atoms with Crippen LogP contribution in [0.1, 0.15) is 40.7 Å². The summed E-state index contributed by atoms with van der Waals surface area (Å²) >= 11 is 3.66. The molecule has 1 N–H and O–H groups in total. The Hall–Kier alpha value is -1.31. The summed E-state index contributed by atoms with van der Waals surface area (Å²) in [4.78, 5) is 15.1. The van der Waals surface area contributed by atoms with E-state index in [1.807, 2.05) is 16.7 Å². The molecule has 140 valence electrons. The Morgan fingerprint density at radius 3 is 2.96 bits per heavy atom. The average molecular weight is 391 g/mol. The van der Waals surface area contributed by atoms with Gasteiger partial charge in [0.1, 0.15) is 0 Å². The topological polar surface area (TPSA) is 50.2 Å². The van der Waals surface area contributed by atoms with Crippen molar-refractivity contribution in [2.24, 2.45) is 0 Å². The fourth-order valence-electron chi connectivity index (χ4n) is 3.87. The van der Waals surface area contributed by atoms with E-state index in [2.05, 4.69) is 33.7 Å². The molecule has 2 aromatic rings. The fourth-order valence-corrected chi connectivity index (χ4v) is 5.44. The van der Waals surface area contributed by atoms with E-state index in [1.165, 1.54) is 16.8 Å². The minimum Gasteiger partial charge on any atom is -0.336 e. The summed E-state index contributed by atoms with van der Waals surface area (Å²) in [7, 11) is 0. The van der Waals surface area contributed by atoms with Gasteiger partial charge in [0.25, 0.3) is 5.91 Å². The Morgan fingerprint density at radius 2 is 2.23 bits per heavy atom. The van der Waals surface area contributed by atoms with E-state index in [1.54, 1.807) is 11.3 Å². The largest absolute Gasteiger partial charge is 0.336 e. The third-order valence-electron chi connectivity index (χ3n) is 5.32. The van der Waals surface area contributed by atoms with E-state index in [0.717, 1.165) is 56.9 Å². The zero-order valence-corrected chi connectivity index (χ0v) is 16.9. The standard InChI is InChI=1S/C19H26N4OS2/c1-2-23-17-4-3-15(20-12-14-5-8-26-13-14)11-16(17)18(21-23)19(24)22-6-9-25-10-7-22/h5,8,13,15,20H,2-4,6-7,9-12H2,1H3/t15-/m0/s1. The summed E-state index contributed by atoms with van der Waals surface area (Å²) in [6, 6.07) is 2.59. The maximum atomic E-state index is 13.1. The van der Waals surface area contributed by atoms with Crippen molar-refractivity contribution in [3.63, 3.8) is 0 Å². The summed E-state index contributed by atoms with van der Waals surface area (Å²) < 4.78 is 2.05. The molecule has 0 saturated carbocycles. The van der Waals surface area contributed by atoms with Crippen molar-refractivity contribution >= 4 is 29.0 Å². The number of amides is 1. The smallest absolute Gasteiger partial charge is 0.274 e. The molecule has 2 aromatic heterocycles. The van der Waals surface area contributed by atoms with E-state index >= 15 is 0 Å². The van der Waals surface area contributed by atoms with Crippen molar-refractivity contribution < 1.29 is 4.79 Å². The molecular formula is C19H26N4OS2. The van der Waals surface area contributed by atoms with Gasteiger partial charge in [0.15, 0.2) is 5.69 Å². The van der Waals surface area contributed by atoms with Crippen LogP contribution < -0.4 is 5.32 Å². The molecule has 1 fully saturated rings. The molecule has 1 atom stereocenters. The summed E-state index contributed by atoms with van der Waals surface area (Å²) in [5.41, 5.74) is 4.50. The lowest BCUT2D eigenvalue weighted by atomic mass is 9.91. The predicted octanol–water partition coefficient (Wildman–Crippen LogP) is 2.80. The third-order valence-corrected chi connectivity index (χ3v) is 7.00. The quantitative estimate of drug-likeness (QED) is 0.853. The number of aryl methyl sites for hydroxylation is 1. The van der Waals surface area contributed by atoms with Crippen molar-refractivity contribution in [1.82, 2.24) is 20.0 Å². The number of nitrogens with one attached hydrogen (secondary N) is 1. The van der Waals surface area contributed by atoms with Gasteiger partial charge in [-0.25, -0.2) is 0 Å². The Kier molecular flexibility index (Phi) is 5.66. The lowest BCUT2D eigenvalue weighted by Gasteiger charge is -2.27. The first-order valence-corrected chi connectivity index (χ1v) is 11.6. The van der Waals surface area contributed by atoms with Crippen LogP contribution >= 0.6 is 23.1 Å². The Labute approximate surface area is 163 Å². The Morgan fingerprint density at radius 1 is 1.38 bits per heavy atom. The highest BCUT2D eigenvalue weighted by Gasteiger charge is 2.31. The molecule has 1 aliphatic heterocycles. The number of thiophene rings is 1. The molecule has 4 rings (SSSR count). The van der Waals surface area contributed by atoms with Gasteiger partial charge in [-0.15, -0.1) is 0 Å². The molecule has 2 aliphatic rings. The van der Waals surface area contributed by atoms with Crippen molar-refractivity contribution in [3.8, 4) is 0 Å². The molecular weight excluding hydrogens is 364 g/mol. The molecule has 3 heterocycles. The predicted molar refractivity (Wildman–Crippen MR) is 108 cm³/mol. The average Bonchev–Trinajstić information content (AvgIpc) is 3.34. The van der Waals surface area contributed by atoms with Crippen molar-refractivity contribution in [3.05, 3.63) is 39.3 Å². The molecule has 5 nitrogen and oxygen atoms in total. The highest BCUT2D eigenvalue weighted by atomic mass is 32.2. The van der Waals surface area contributed by atoms with Crippen LogP contribution in [0.3, 0.4) is 0 Å². The van der Waals surface area contributed by atoms with E-state index in [9.17, 15) is 4.79 Å². The van der Waals surface area contributed by atoms with E-state index in [0.29, 0.717) is 11.7 Å². The Balaban J connectivity index is 1.51. The first-order chi connectivity index (χ1) is 12.8. The maximum Gasteiger partial charge on any atom is 0.274 e. The number of thioether (sulfide) groups is 1. The summed E-state index contributed by atoms with van der Waals surface area (Å²) in [6.07, 6.45) is 3.01. The number of nitrogens with zero attached hydrogens (tertiary/aromatic N) is 3. The molecule has 0 radical (unpaired) electrons. The van der Waals surface area contributed by atoms with E-state index in [4.69, 9.17) is 5.10 Å². The highest BCUT2D eigenvalue weighted by Crippen LogP contribution is 2.27. The third kappa shape index (κ3) is 3.70. The number of aromatic nitrogens is 2.